The molecule has 0 radical (unpaired) electrons. The van der Waals surface area contributed by atoms with Crippen LogP contribution in [0.1, 0.15) is 6.04 Å². The largest absolute Gasteiger partial charge is 0.480 e. The first kappa shape index (κ1) is 10.6. The number of benzene rings is 1. The van der Waals surface area contributed by atoms with Gasteiger partial charge in [0.1, 0.15) is 0 Å². The molecule has 2 aromatic rings. The second kappa shape index (κ2) is 4.32. The molecule has 2 rings (SSSR count). The lowest BCUT2D eigenvalue weighted by atomic mass is 10.2. The van der Waals surface area contributed by atoms with Crippen LogP contribution in [-0.4, -0.2) is 34.6 Å². The molecule has 16 heavy (non-hydrogen) atoms. The van der Waals surface area contributed by atoms with Crippen molar-refractivity contribution in [3.05, 3.63) is 30.5 Å². The Labute approximate surface area is 92.2 Å². The standard InChI is InChI=1S/C11H12N2O3/c1-16-7-10(11(14)15)13-9-5-3-2-4-8(9)6-12-13/h2-6,10H,7H2,1H3,(H,14,15). The van der Waals surface area contributed by atoms with Gasteiger partial charge in [0.15, 0.2) is 6.04 Å². The smallest absolute Gasteiger partial charge is 0.330 e. The summed E-state index contributed by atoms with van der Waals surface area (Å²) < 4.78 is 6.37. The molecule has 0 bridgehead atoms. The predicted molar refractivity (Wildman–Crippen MR) is 58.3 cm³/mol. The zero-order valence-electron chi connectivity index (χ0n) is 8.83. The molecule has 84 valence electrons. The predicted octanol–water partition coefficient (Wildman–Crippen LogP) is 1.31. The number of fused-ring (bicyclic) bond motifs is 1. The molecule has 1 unspecified atom stereocenters. The van der Waals surface area contributed by atoms with Crippen LogP contribution in [0.5, 0.6) is 0 Å². The number of aromatic nitrogens is 2. The summed E-state index contributed by atoms with van der Waals surface area (Å²) in [4.78, 5) is 11.1. The molecule has 0 spiro atoms. The van der Waals surface area contributed by atoms with E-state index in [4.69, 9.17) is 9.84 Å². The van der Waals surface area contributed by atoms with Crippen molar-refractivity contribution in [1.82, 2.24) is 9.78 Å². The van der Waals surface area contributed by atoms with Crippen molar-refractivity contribution >= 4 is 16.9 Å². The van der Waals surface area contributed by atoms with Crippen LogP contribution in [-0.2, 0) is 9.53 Å². The topological polar surface area (TPSA) is 64.3 Å². The number of carbonyl (C=O) groups is 1. The van der Waals surface area contributed by atoms with Gasteiger partial charge in [0.05, 0.1) is 18.3 Å². The molecule has 1 atom stereocenters. The highest BCUT2D eigenvalue weighted by Crippen LogP contribution is 2.17. The molecule has 5 heteroatoms. The zero-order valence-corrected chi connectivity index (χ0v) is 8.83. The highest BCUT2D eigenvalue weighted by molar-refractivity contribution is 5.81. The maximum absolute atomic E-state index is 11.1. The van der Waals surface area contributed by atoms with Crippen LogP contribution in [0, 0.1) is 0 Å². The van der Waals surface area contributed by atoms with Crippen LogP contribution in [0.2, 0.25) is 0 Å². The van der Waals surface area contributed by atoms with E-state index in [9.17, 15) is 4.79 Å². The van der Waals surface area contributed by atoms with Gasteiger partial charge in [-0.2, -0.15) is 5.10 Å². The highest BCUT2D eigenvalue weighted by atomic mass is 16.5. The molecule has 0 saturated carbocycles. The summed E-state index contributed by atoms with van der Waals surface area (Å²) in [6.45, 7) is 0.0982. The van der Waals surface area contributed by atoms with E-state index < -0.39 is 12.0 Å². The van der Waals surface area contributed by atoms with Gasteiger partial charge in [0.2, 0.25) is 0 Å². The number of nitrogens with zero attached hydrogens (tertiary/aromatic N) is 2. The Bertz CT molecular complexity index is 507. The number of methoxy groups -OCH3 is 1. The Morgan fingerprint density at radius 1 is 1.56 bits per heavy atom. The number of aliphatic carboxylic acids is 1. The molecule has 1 N–H and O–H groups in total. The van der Waals surface area contributed by atoms with Crippen molar-refractivity contribution in [3.8, 4) is 0 Å². The Balaban J connectivity index is 2.48. The summed E-state index contributed by atoms with van der Waals surface area (Å²) in [5.74, 6) is -0.948. The van der Waals surface area contributed by atoms with E-state index >= 15 is 0 Å². The summed E-state index contributed by atoms with van der Waals surface area (Å²) in [5, 5.41) is 14.1. The van der Waals surface area contributed by atoms with Crippen LogP contribution in [0.3, 0.4) is 0 Å². The minimum absolute atomic E-state index is 0.0982. The number of para-hydroxylation sites is 1. The van der Waals surface area contributed by atoms with Crippen molar-refractivity contribution in [2.45, 2.75) is 6.04 Å². The first-order valence-corrected chi connectivity index (χ1v) is 4.88. The van der Waals surface area contributed by atoms with E-state index in [-0.39, 0.29) is 6.61 Å². The fraction of sp³-hybridized carbons (Fsp3) is 0.273. The van der Waals surface area contributed by atoms with Gasteiger partial charge >= 0.3 is 5.97 Å². The van der Waals surface area contributed by atoms with Gasteiger partial charge in [-0.1, -0.05) is 18.2 Å². The molecule has 5 nitrogen and oxygen atoms in total. The number of carboxylic acids is 1. The maximum Gasteiger partial charge on any atom is 0.330 e. The molecule has 0 amide bonds. The number of rotatable bonds is 4. The molecular weight excluding hydrogens is 208 g/mol. The minimum atomic E-state index is -0.948. The quantitative estimate of drug-likeness (QED) is 0.843. The Morgan fingerprint density at radius 2 is 2.31 bits per heavy atom. The van der Waals surface area contributed by atoms with Crippen LogP contribution in [0.4, 0.5) is 0 Å². The van der Waals surface area contributed by atoms with E-state index in [1.165, 1.54) is 11.8 Å². The molecule has 0 saturated heterocycles. The third-order valence-electron chi connectivity index (χ3n) is 2.41. The third-order valence-corrected chi connectivity index (χ3v) is 2.41. The van der Waals surface area contributed by atoms with E-state index in [2.05, 4.69) is 5.10 Å². The Hall–Kier alpha value is -1.88. The minimum Gasteiger partial charge on any atom is -0.480 e. The lowest BCUT2D eigenvalue weighted by Crippen LogP contribution is -2.24. The summed E-state index contributed by atoms with van der Waals surface area (Å²) in [5.41, 5.74) is 0.798. The molecule has 0 aliphatic rings. The monoisotopic (exact) mass is 220 g/mol. The average Bonchev–Trinajstić information content (AvgIpc) is 2.69. The molecular formula is C11H12N2O3. The Morgan fingerprint density at radius 3 is 3.00 bits per heavy atom. The number of carboxylic acid groups (broad SMARTS) is 1. The summed E-state index contributed by atoms with van der Waals surface area (Å²) >= 11 is 0. The lowest BCUT2D eigenvalue weighted by molar-refractivity contribution is -0.142. The van der Waals surface area contributed by atoms with Crippen molar-refractivity contribution in [2.24, 2.45) is 0 Å². The SMILES string of the molecule is COCC(C(=O)O)n1ncc2ccccc21. The van der Waals surface area contributed by atoms with E-state index in [0.29, 0.717) is 0 Å². The zero-order chi connectivity index (χ0) is 11.5. The van der Waals surface area contributed by atoms with E-state index in [0.717, 1.165) is 10.9 Å². The van der Waals surface area contributed by atoms with Crippen molar-refractivity contribution in [2.75, 3.05) is 13.7 Å². The summed E-state index contributed by atoms with van der Waals surface area (Å²) in [7, 11) is 1.47. The molecule has 0 aliphatic carbocycles. The Kier molecular flexibility index (Phi) is 2.87. The van der Waals surface area contributed by atoms with Gasteiger partial charge in [-0.3, -0.25) is 0 Å². The molecule has 1 heterocycles. The van der Waals surface area contributed by atoms with Crippen molar-refractivity contribution < 1.29 is 14.6 Å². The second-order valence-corrected chi connectivity index (χ2v) is 3.46. The van der Waals surface area contributed by atoms with Gasteiger partial charge in [0.25, 0.3) is 0 Å². The fourth-order valence-corrected chi connectivity index (χ4v) is 1.64. The molecule has 0 aliphatic heterocycles. The van der Waals surface area contributed by atoms with Crippen LogP contribution >= 0.6 is 0 Å². The fourth-order valence-electron chi connectivity index (χ4n) is 1.64. The van der Waals surface area contributed by atoms with Crippen molar-refractivity contribution in [3.63, 3.8) is 0 Å². The number of hydrogen-bond donors (Lipinski definition) is 1. The molecule has 1 aromatic carbocycles. The van der Waals surface area contributed by atoms with Crippen LogP contribution in [0.15, 0.2) is 30.5 Å². The maximum atomic E-state index is 11.1. The van der Waals surface area contributed by atoms with Gasteiger partial charge in [-0.05, 0) is 6.07 Å². The van der Waals surface area contributed by atoms with E-state index in [1.807, 2.05) is 24.3 Å². The first-order chi connectivity index (χ1) is 7.74. The van der Waals surface area contributed by atoms with Crippen molar-refractivity contribution in [1.29, 1.82) is 0 Å². The van der Waals surface area contributed by atoms with Gasteiger partial charge in [-0.25, -0.2) is 9.48 Å². The lowest BCUT2D eigenvalue weighted by Gasteiger charge is -2.12. The first-order valence-electron chi connectivity index (χ1n) is 4.88. The summed E-state index contributed by atoms with van der Waals surface area (Å²) in [6.07, 6.45) is 1.65. The van der Waals surface area contributed by atoms with E-state index in [1.54, 1.807) is 6.20 Å². The average molecular weight is 220 g/mol. The molecule has 0 fully saturated rings. The number of hydrogen-bond acceptors (Lipinski definition) is 3. The normalized spacial score (nSPS) is 12.8. The third kappa shape index (κ3) is 1.77. The van der Waals surface area contributed by atoms with Crippen LogP contribution in [0.25, 0.3) is 10.9 Å². The second-order valence-electron chi connectivity index (χ2n) is 3.46. The van der Waals surface area contributed by atoms with Gasteiger partial charge < -0.3 is 9.84 Å². The van der Waals surface area contributed by atoms with Gasteiger partial charge in [0, 0.05) is 12.5 Å². The number of ether oxygens (including phenoxy) is 1. The van der Waals surface area contributed by atoms with Gasteiger partial charge in [-0.15, -0.1) is 0 Å². The highest BCUT2D eigenvalue weighted by Gasteiger charge is 2.21. The molecule has 1 aromatic heterocycles. The van der Waals surface area contributed by atoms with Crippen LogP contribution < -0.4 is 0 Å². The summed E-state index contributed by atoms with van der Waals surface area (Å²) in [6, 6.07) is 6.69.